The van der Waals surface area contributed by atoms with Gasteiger partial charge in [-0.25, -0.2) is 9.97 Å². The first-order valence-corrected chi connectivity index (χ1v) is 14.5. The lowest BCUT2D eigenvalue weighted by Gasteiger charge is -2.38. The van der Waals surface area contributed by atoms with Crippen molar-refractivity contribution in [1.82, 2.24) is 29.5 Å². The molecule has 12 heteroatoms. The van der Waals surface area contributed by atoms with Crippen LogP contribution in [0.15, 0.2) is 67.1 Å². The zero-order valence-corrected chi connectivity index (χ0v) is 24.6. The molecular weight excluding hydrogens is 564 g/mol. The second-order valence-electron chi connectivity index (χ2n) is 11.0. The van der Waals surface area contributed by atoms with Gasteiger partial charge in [0.25, 0.3) is 5.91 Å². The number of benzene rings is 2. The molecule has 2 aromatic heterocycles. The number of likely N-dealkylation sites (N-methyl/N-ethyl adjacent to an activating group) is 1. The first-order chi connectivity index (χ1) is 21.4. The van der Waals surface area contributed by atoms with Crippen molar-refractivity contribution >= 4 is 23.5 Å². The highest BCUT2D eigenvalue weighted by Crippen LogP contribution is 2.33. The first-order valence-electron chi connectivity index (χ1n) is 14.5. The van der Waals surface area contributed by atoms with E-state index >= 15 is 0 Å². The van der Waals surface area contributed by atoms with E-state index in [1.54, 1.807) is 48.1 Å². The Balaban J connectivity index is 1.25. The summed E-state index contributed by atoms with van der Waals surface area (Å²) in [6.45, 7) is 0.793. The summed E-state index contributed by atoms with van der Waals surface area (Å²) in [6, 6.07) is 14.5. The maximum atomic E-state index is 13.5. The largest absolute Gasteiger partial charge is 0.493 e. The van der Waals surface area contributed by atoms with Gasteiger partial charge in [-0.05, 0) is 54.3 Å². The van der Waals surface area contributed by atoms with Gasteiger partial charge in [0, 0.05) is 45.1 Å². The average molecular weight is 599 g/mol. The predicted molar refractivity (Wildman–Crippen MR) is 159 cm³/mol. The number of aromatic nitrogens is 3. The number of fused-ring (bicyclic) bond motifs is 10. The number of piperidine rings is 1. The van der Waals surface area contributed by atoms with E-state index in [0.29, 0.717) is 42.4 Å². The molecule has 5 heterocycles. The minimum absolute atomic E-state index is 0.0862. The smallest absolute Gasteiger partial charge is 0.274 e. The van der Waals surface area contributed by atoms with Crippen LogP contribution in [0.1, 0.15) is 34.5 Å². The lowest BCUT2D eigenvalue weighted by atomic mass is 10.0. The standard InChI is InChI=1S/C32H34N6O6/c1-36-19-29(39)34-24-11-14-37(31(41)25-17-38-13-4-12-33-32(38)35-25)18-28(24)43-20-22-5-3-6-23(15-22)44-26-9-7-21(8-10-30(36)40)16-27(26)42-2/h3-7,9,12-13,15-17,24,28H,8,10-11,14,18-20H2,1-2H3,(H,34,39)/t24-,28-/m0/s1. The molecule has 0 radical (unpaired) electrons. The second-order valence-corrected chi connectivity index (χ2v) is 11.0. The number of carbonyl (C=O) groups excluding carboxylic acids is 3. The summed E-state index contributed by atoms with van der Waals surface area (Å²) in [5.41, 5.74) is 2.07. The molecule has 1 N–H and O–H groups in total. The molecule has 4 bridgehead atoms. The fourth-order valence-corrected chi connectivity index (χ4v) is 5.51. The number of nitrogens with zero attached hydrogens (tertiary/aromatic N) is 5. The molecule has 0 saturated carbocycles. The average Bonchev–Trinajstić information content (AvgIpc) is 3.47. The van der Waals surface area contributed by atoms with E-state index < -0.39 is 6.10 Å². The molecule has 12 nitrogen and oxygen atoms in total. The van der Waals surface area contributed by atoms with E-state index in [-0.39, 0.29) is 55.6 Å². The van der Waals surface area contributed by atoms with Crippen LogP contribution in [0.2, 0.25) is 0 Å². The molecule has 0 aliphatic carbocycles. The van der Waals surface area contributed by atoms with E-state index in [1.807, 2.05) is 42.5 Å². The molecule has 0 spiro atoms. The summed E-state index contributed by atoms with van der Waals surface area (Å²) in [5.74, 6) is 1.48. The third-order valence-corrected chi connectivity index (χ3v) is 7.90. The summed E-state index contributed by atoms with van der Waals surface area (Å²) in [7, 11) is 3.19. The second kappa shape index (κ2) is 12.7. The maximum absolute atomic E-state index is 13.5. The van der Waals surface area contributed by atoms with E-state index in [2.05, 4.69) is 15.3 Å². The number of hydrogen-bond donors (Lipinski definition) is 1. The molecule has 3 aliphatic rings. The topological polar surface area (TPSA) is 128 Å². The molecule has 2 atom stereocenters. The lowest BCUT2D eigenvalue weighted by molar-refractivity contribution is -0.135. The molecule has 1 saturated heterocycles. The molecule has 44 heavy (non-hydrogen) atoms. The lowest BCUT2D eigenvalue weighted by Crippen LogP contribution is -2.57. The molecule has 7 rings (SSSR count). The van der Waals surface area contributed by atoms with Crippen molar-refractivity contribution in [2.75, 3.05) is 33.8 Å². The van der Waals surface area contributed by atoms with Gasteiger partial charge in [-0.3, -0.25) is 18.8 Å². The van der Waals surface area contributed by atoms with E-state index in [9.17, 15) is 14.4 Å². The zero-order valence-electron chi connectivity index (χ0n) is 24.6. The quantitative estimate of drug-likeness (QED) is 0.373. The fourth-order valence-electron chi connectivity index (χ4n) is 5.51. The Kier molecular flexibility index (Phi) is 8.42. The fraction of sp³-hybridized carbons (Fsp3) is 0.344. The summed E-state index contributed by atoms with van der Waals surface area (Å²) in [6.07, 6.45) is 5.76. The maximum Gasteiger partial charge on any atom is 0.274 e. The third-order valence-electron chi connectivity index (χ3n) is 7.90. The minimum Gasteiger partial charge on any atom is -0.493 e. The van der Waals surface area contributed by atoms with Crippen LogP contribution in [0, 0.1) is 0 Å². The van der Waals surface area contributed by atoms with Crippen LogP contribution in [0.25, 0.3) is 5.78 Å². The molecule has 3 aliphatic heterocycles. The van der Waals surface area contributed by atoms with E-state index in [4.69, 9.17) is 14.2 Å². The molecule has 228 valence electrons. The third kappa shape index (κ3) is 6.50. The van der Waals surface area contributed by atoms with Crippen LogP contribution in [0.4, 0.5) is 0 Å². The van der Waals surface area contributed by atoms with Gasteiger partial charge in [-0.15, -0.1) is 0 Å². The van der Waals surface area contributed by atoms with E-state index in [0.717, 1.165) is 11.1 Å². The number of methoxy groups -OCH3 is 1. The highest BCUT2D eigenvalue weighted by molar-refractivity contribution is 5.93. The highest BCUT2D eigenvalue weighted by Gasteiger charge is 2.34. The molecule has 1 fully saturated rings. The Morgan fingerprint density at radius 2 is 1.98 bits per heavy atom. The van der Waals surface area contributed by atoms with Gasteiger partial charge in [0.1, 0.15) is 11.4 Å². The van der Waals surface area contributed by atoms with Crippen molar-refractivity contribution in [3.63, 3.8) is 0 Å². The molecule has 4 aromatic rings. The predicted octanol–water partition coefficient (Wildman–Crippen LogP) is 2.85. The van der Waals surface area contributed by atoms with Crippen molar-refractivity contribution in [3.8, 4) is 17.2 Å². The Bertz CT molecular complexity index is 1660. The molecule has 0 unspecified atom stereocenters. The van der Waals surface area contributed by atoms with Gasteiger partial charge in [-0.1, -0.05) is 18.2 Å². The van der Waals surface area contributed by atoms with Crippen LogP contribution in [-0.2, 0) is 27.4 Å². The number of rotatable bonds is 2. The minimum atomic E-state index is -0.508. The highest BCUT2D eigenvalue weighted by atomic mass is 16.5. The molecule has 2 aromatic carbocycles. The van der Waals surface area contributed by atoms with Gasteiger partial charge in [0.05, 0.1) is 32.4 Å². The number of aryl methyl sites for hydroxylation is 1. The monoisotopic (exact) mass is 598 g/mol. The van der Waals surface area contributed by atoms with Crippen LogP contribution >= 0.6 is 0 Å². The van der Waals surface area contributed by atoms with Crippen LogP contribution < -0.4 is 14.8 Å². The van der Waals surface area contributed by atoms with Crippen molar-refractivity contribution < 1.29 is 28.6 Å². The normalized spacial score (nSPS) is 19.8. The Morgan fingerprint density at radius 3 is 2.82 bits per heavy atom. The molecular formula is C32H34N6O6. The number of nitrogens with one attached hydrogen (secondary N) is 1. The van der Waals surface area contributed by atoms with Gasteiger partial charge >= 0.3 is 0 Å². The van der Waals surface area contributed by atoms with Crippen LogP contribution in [-0.4, -0.2) is 87.8 Å². The number of amides is 3. The van der Waals surface area contributed by atoms with E-state index in [1.165, 1.54) is 4.90 Å². The van der Waals surface area contributed by atoms with Crippen molar-refractivity contribution in [1.29, 1.82) is 0 Å². The van der Waals surface area contributed by atoms with Gasteiger partial charge in [0.15, 0.2) is 11.5 Å². The number of likely N-dealkylation sites (tertiary alicyclic amines) is 1. The summed E-state index contributed by atoms with van der Waals surface area (Å²) >= 11 is 0. The van der Waals surface area contributed by atoms with Crippen molar-refractivity contribution in [2.24, 2.45) is 0 Å². The zero-order chi connectivity index (χ0) is 30.6. The number of imidazole rings is 1. The Morgan fingerprint density at radius 1 is 1.09 bits per heavy atom. The Hall–Kier alpha value is -4.97. The summed E-state index contributed by atoms with van der Waals surface area (Å²) in [4.78, 5) is 51.1. The van der Waals surface area contributed by atoms with Gasteiger partial charge in [-0.2, -0.15) is 0 Å². The Labute approximate surface area is 254 Å². The number of hydrogen-bond acceptors (Lipinski definition) is 8. The summed E-state index contributed by atoms with van der Waals surface area (Å²) in [5, 5.41) is 3.06. The number of ether oxygens (including phenoxy) is 3. The van der Waals surface area contributed by atoms with Crippen LogP contribution in [0.3, 0.4) is 0 Å². The van der Waals surface area contributed by atoms with Gasteiger partial charge < -0.3 is 29.3 Å². The first kappa shape index (κ1) is 29.1. The number of carbonyl (C=O) groups is 3. The van der Waals surface area contributed by atoms with Crippen LogP contribution in [0.5, 0.6) is 17.2 Å². The molecule has 3 amide bonds. The summed E-state index contributed by atoms with van der Waals surface area (Å²) < 4.78 is 19.8. The van der Waals surface area contributed by atoms with Crippen molar-refractivity contribution in [3.05, 3.63) is 83.9 Å². The SMILES string of the molecule is COc1cc2ccc1Oc1cccc(c1)CO[C@H]1CN(C(=O)c3cn4cccnc4n3)CC[C@@H]1NC(=O)CN(C)C(=O)CC2. The van der Waals surface area contributed by atoms with Crippen molar-refractivity contribution in [2.45, 2.75) is 38.0 Å². The van der Waals surface area contributed by atoms with Gasteiger partial charge in [0.2, 0.25) is 17.6 Å².